The summed E-state index contributed by atoms with van der Waals surface area (Å²) in [6.45, 7) is 2.74. The van der Waals surface area contributed by atoms with E-state index in [1.165, 1.54) is 6.07 Å². The van der Waals surface area contributed by atoms with Crippen LogP contribution in [0.3, 0.4) is 0 Å². The van der Waals surface area contributed by atoms with Crippen molar-refractivity contribution in [1.82, 2.24) is 10.1 Å². The van der Waals surface area contributed by atoms with E-state index in [-0.39, 0.29) is 11.9 Å². The van der Waals surface area contributed by atoms with E-state index in [1.807, 2.05) is 25.9 Å². The molecule has 1 aromatic heterocycles. The number of nitrogens with one attached hydrogen (secondary N) is 1. The molecule has 1 rings (SSSR count). The van der Waals surface area contributed by atoms with Crippen molar-refractivity contribution in [2.45, 2.75) is 13.0 Å². The van der Waals surface area contributed by atoms with Gasteiger partial charge in [0.15, 0.2) is 0 Å². The van der Waals surface area contributed by atoms with Crippen LogP contribution < -0.4 is 11.4 Å². The number of likely N-dealkylation sites (N-methyl/N-ethyl adjacent to an activating group) is 1. The van der Waals surface area contributed by atoms with E-state index in [0.29, 0.717) is 5.69 Å². The fraction of sp³-hybridized carbons (Fsp3) is 0.556. The number of H-pyrrole nitrogens is 1. The maximum Gasteiger partial charge on any atom is 0.358 e. The minimum absolute atomic E-state index is 0.0680. The number of hydrogen-bond acceptors (Lipinski definition) is 4. The monoisotopic (exact) mass is 212 g/mol. The van der Waals surface area contributed by atoms with Gasteiger partial charge >= 0.3 is 5.63 Å². The molecule has 15 heavy (non-hydrogen) atoms. The Kier molecular flexibility index (Phi) is 3.68. The molecule has 0 aliphatic carbocycles. The van der Waals surface area contributed by atoms with Gasteiger partial charge in [-0.15, -0.1) is 0 Å². The zero-order valence-corrected chi connectivity index (χ0v) is 9.15. The fourth-order valence-electron chi connectivity index (χ4n) is 1.28. The third kappa shape index (κ3) is 3.59. The number of rotatable bonds is 4. The van der Waals surface area contributed by atoms with Gasteiger partial charge in [0.05, 0.1) is 12.1 Å². The van der Waals surface area contributed by atoms with Gasteiger partial charge in [-0.2, -0.15) is 0 Å². The molecule has 0 bridgehead atoms. The summed E-state index contributed by atoms with van der Waals surface area (Å²) in [6.07, 6.45) is 0. The van der Waals surface area contributed by atoms with Crippen LogP contribution in [0.1, 0.15) is 12.6 Å². The Hall–Kier alpha value is -1.56. The van der Waals surface area contributed by atoms with E-state index in [0.717, 1.165) is 6.54 Å². The quantitative estimate of drug-likeness (QED) is 0.526. The summed E-state index contributed by atoms with van der Waals surface area (Å²) < 4.78 is 4.50. The highest BCUT2D eigenvalue weighted by Crippen LogP contribution is 1.95. The van der Waals surface area contributed by atoms with Gasteiger partial charge < -0.3 is 15.2 Å². The van der Waals surface area contributed by atoms with Gasteiger partial charge in [-0.1, -0.05) is 0 Å². The lowest BCUT2D eigenvalue weighted by atomic mass is 10.3. The number of aromatic nitrogens is 1. The van der Waals surface area contributed by atoms with E-state index in [1.54, 1.807) is 0 Å². The summed E-state index contributed by atoms with van der Waals surface area (Å²) >= 11 is 0. The first-order valence-electron chi connectivity index (χ1n) is 4.66. The Labute approximate surface area is 87.7 Å². The highest BCUT2D eigenvalue weighted by molar-refractivity contribution is 5.95. The van der Waals surface area contributed by atoms with Crippen LogP contribution in [0.4, 0.5) is 0 Å². The summed E-state index contributed by atoms with van der Waals surface area (Å²) in [7, 11) is 3.92. The zero-order chi connectivity index (χ0) is 11.4. The number of nitrogens with two attached hydrogens (primary N) is 1. The van der Waals surface area contributed by atoms with E-state index in [4.69, 9.17) is 5.73 Å². The maximum atomic E-state index is 10.7. The number of aromatic amines is 1. The third-order valence-electron chi connectivity index (χ3n) is 1.79. The molecule has 1 heterocycles. The van der Waals surface area contributed by atoms with Crippen molar-refractivity contribution in [3.8, 4) is 0 Å². The van der Waals surface area contributed by atoms with Crippen LogP contribution in [-0.2, 0) is 0 Å². The number of nitrogens with zero attached hydrogens (tertiary/aromatic N) is 2. The van der Waals surface area contributed by atoms with Crippen LogP contribution >= 0.6 is 0 Å². The van der Waals surface area contributed by atoms with Crippen molar-refractivity contribution in [3.63, 3.8) is 0 Å². The van der Waals surface area contributed by atoms with Crippen LogP contribution in [0.25, 0.3) is 0 Å². The second kappa shape index (κ2) is 4.79. The van der Waals surface area contributed by atoms with Gasteiger partial charge in [0.1, 0.15) is 11.5 Å². The smallest absolute Gasteiger partial charge is 0.358 e. The molecule has 84 valence electrons. The lowest BCUT2D eigenvalue weighted by molar-refractivity contribution is 0.382. The molecule has 0 fully saturated rings. The van der Waals surface area contributed by atoms with E-state index < -0.39 is 5.63 Å². The van der Waals surface area contributed by atoms with Crippen molar-refractivity contribution < 1.29 is 4.52 Å². The number of amidine groups is 1. The summed E-state index contributed by atoms with van der Waals surface area (Å²) in [4.78, 5) is 17.0. The molecule has 0 aromatic carbocycles. The standard InChI is InChI=1S/C9H16N4O2/c1-6(5-13(2)3)11-9(10)7-4-8(14)15-12-7/h4,6,12H,5H2,1-3H3,(H2,10,11). The molecule has 6 nitrogen and oxygen atoms in total. The Bertz CT molecular complexity index is 391. The molecule has 0 radical (unpaired) electrons. The first-order valence-corrected chi connectivity index (χ1v) is 4.66. The molecule has 0 aliphatic heterocycles. The van der Waals surface area contributed by atoms with Gasteiger partial charge in [0.2, 0.25) is 0 Å². The van der Waals surface area contributed by atoms with Crippen molar-refractivity contribution in [3.05, 3.63) is 22.2 Å². The minimum atomic E-state index is -0.455. The summed E-state index contributed by atoms with van der Waals surface area (Å²) in [6, 6.07) is 1.35. The lowest BCUT2D eigenvalue weighted by Gasteiger charge is -2.13. The molecule has 1 atom stereocenters. The summed E-state index contributed by atoms with van der Waals surface area (Å²) in [5.41, 5.74) is 5.65. The lowest BCUT2D eigenvalue weighted by Crippen LogP contribution is -2.25. The molecular formula is C9H16N4O2. The predicted octanol–water partition coefficient (Wildman–Crippen LogP) is -0.377. The highest BCUT2D eigenvalue weighted by atomic mass is 16.5. The third-order valence-corrected chi connectivity index (χ3v) is 1.79. The average molecular weight is 212 g/mol. The molecular weight excluding hydrogens is 196 g/mol. The molecule has 0 aliphatic rings. The molecule has 3 N–H and O–H groups in total. The van der Waals surface area contributed by atoms with E-state index in [2.05, 4.69) is 14.7 Å². The van der Waals surface area contributed by atoms with Gasteiger partial charge in [-0.3, -0.25) is 4.99 Å². The van der Waals surface area contributed by atoms with Gasteiger partial charge in [0, 0.05) is 6.54 Å². The van der Waals surface area contributed by atoms with Crippen LogP contribution in [0.5, 0.6) is 0 Å². The minimum Gasteiger partial charge on any atom is -0.382 e. The molecule has 6 heteroatoms. The van der Waals surface area contributed by atoms with Crippen molar-refractivity contribution in [1.29, 1.82) is 0 Å². The van der Waals surface area contributed by atoms with Crippen LogP contribution in [-0.4, -0.2) is 42.6 Å². The van der Waals surface area contributed by atoms with E-state index in [9.17, 15) is 4.79 Å². The topological polar surface area (TPSA) is 87.6 Å². The zero-order valence-electron chi connectivity index (χ0n) is 9.15. The molecule has 0 spiro atoms. The number of hydrogen-bond donors (Lipinski definition) is 2. The van der Waals surface area contributed by atoms with Gasteiger partial charge in [-0.05, 0) is 21.0 Å². The normalized spacial score (nSPS) is 14.5. The first kappa shape index (κ1) is 11.5. The average Bonchev–Trinajstić information content (AvgIpc) is 2.49. The van der Waals surface area contributed by atoms with Crippen molar-refractivity contribution in [2.24, 2.45) is 10.7 Å². The maximum absolute atomic E-state index is 10.7. The second-order valence-electron chi connectivity index (χ2n) is 3.71. The Morgan fingerprint density at radius 2 is 2.40 bits per heavy atom. The predicted molar refractivity (Wildman–Crippen MR) is 58.1 cm³/mol. The van der Waals surface area contributed by atoms with Crippen molar-refractivity contribution in [2.75, 3.05) is 20.6 Å². The SMILES string of the molecule is CC(CN(C)C)N=C(N)c1cc(=O)o[nH]1. The highest BCUT2D eigenvalue weighted by Gasteiger charge is 2.06. The molecule has 0 saturated carbocycles. The van der Waals surface area contributed by atoms with E-state index >= 15 is 0 Å². The fourth-order valence-corrected chi connectivity index (χ4v) is 1.28. The molecule has 0 amide bonds. The molecule has 1 unspecified atom stereocenters. The first-order chi connectivity index (χ1) is 6.99. The Morgan fingerprint density at radius 3 is 2.87 bits per heavy atom. The molecule has 0 saturated heterocycles. The second-order valence-corrected chi connectivity index (χ2v) is 3.71. The largest absolute Gasteiger partial charge is 0.382 e. The van der Waals surface area contributed by atoms with Crippen LogP contribution in [0, 0.1) is 0 Å². The van der Waals surface area contributed by atoms with Gasteiger partial charge in [-0.25, -0.2) is 9.95 Å². The number of aliphatic imine (C=N–C) groups is 1. The van der Waals surface area contributed by atoms with Crippen LogP contribution in [0.15, 0.2) is 20.4 Å². The van der Waals surface area contributed by atoms with Crippen LogP contribution in [0.2, 0.25) is 0 Å². The summed E-state index contributed by atoms with van der Waals surface area (Å²) in [5, 5.41) is 2.41. The summed E-state index contributed by atoms with van der Waals surface area (Å²) in [5.74, 6) is 0.287. The molecule has 1 aromatic rings. The Morgan fingerprint density at radius 1 is 1.73 bits per heavy atom. The van der Waals surface area contributed by atoms with Crippen molar-refractivity contribution >= 4 is 5.84 Å². The Balaban J connectivity index is 2.71. The van der Waals surface area contributed by atoms with Gasteiger partial charge in [0.25, 0.3) is 0 Å².